The van der Waals surface area contributed by atoms with Gasteiger partial charge in [0.05, 0.1) is 0 Å². The standard InChI is InChI=1S/C14H18F4N2O/c15-11-3-1-10(2-4-11)7-12(8-19)20-6-5-13(21,9-20)14(16,17)18/h1-4,12,21H,5-9,19H2. The van der Waals surface area contributed by atoms with E-state index < -0.39 is 18.3 Å². The zero-order valence-electron chi connectivity index (χ0n) is 11.4. The van der Waals surface area contributed by atoms with Crippen LogP contribution in [0.25, 0.3) is 0 Å². The Hall–Kier alpha value is -1.18. The minimum atomic E-state index is -4.64. The maximum absolute atomic E-state index is 12.8. The van der Waals surface area contributed by atoms with Crippen LogP contribution in [0, 0.1) is 5.82 Å². The van der Waals surface area contributed by atoms with Gasteiger partial charge in [0, 0.05) is 25.7 Å². The Labute approximate surface area is 120 Å². The third-order valence-corrected chi connectivity index (χ3v) is 3.98. The molecule has 1 aliphatic heterocycles. The van der Waals surface area contributed by atoms with Crippen molar-refractivity contribution in [3.8, 4) is 0 Å². The molecule has 1 heterocycles. The highest BCUT2D eigenvalue weighted by atomic mass is 19.4. The van der Waals surface area contributed by atoms with E-state index in [1.165, 1.54) is 12.1 Å². The van der Waals surface area contributed by atoms with Gasteiger partial charge >= 0.3 is 6.18 Å². The summed E-state index contributed by atoms with van der Waals surface area (Å²) in [5.41, 5.74) is 3.79. The molecule has 0 aromatic heterocycles. The van der Waals surface area contributed by atoms with E-state index in [4.69, 9.17) is 5.73 Å². The highest BCUT2D eigenvalue weighted by Crippen LogP contribution is 2.38. The van der Waals surface area contributed by atoms with Crippen molar-refractivity contribution in [1.29, 1.82) is 0 Å². The van der Waals surface area contributed by atoms with Gasteiger partial charge < -0.3 is 10.8 Å². The molecular formula is C14H18F4N2O. The molecule has 0 amide bonds. The van der Waals surface area contributed by atoms with E-state index in [0.29, 0.717) is 6.42 Å². The van der Waals surface area contributed by atoms with Gasteiger partial charge in [-0.2, -0.15) is 13.2 Å². The molecule has 0 aliphatic carbocycles. The van der Waals surface area contributed by atoms with Gasteiger partial charge in [-0.15, -0.1) is 0 Å². The minimum absolute atomic E-state index is 0.138. The molecule has 2 atom stereocenters. The van der Waals surface area contributed by atoms with E-state index in [9.17, 15) is 22.7 Å². The summed E-state index contributed by atoms with van der Waals surface area (Å²) in [6.45, 7) is -0.163. The smallest absolute Gasteiger partial charge is 0.379 e. The lowest BCUT2D eigenvalue weighted by molar-refractivity contribution is -0.254. The predicted molar refractivity (Wildman–Crippen MR) is 70.1 cm³/mol. The number of halogens is 4. The van der Waals surface area contributed by atoms with Gasteiger partial charge in [0.2, 0.25) is 0 Å². The van der Waals surface area contributed by atoms with Crippen LogP contribution in [0.1, 0.15) is 12.0 Å². The Morgan fingerprint density at radius 3 is 2.38 bits per heavy atom. The van der Waals surface area contributed by atoms with Crippen molar-refractivity contribution in [2.45, 2.75) is 30.7 Å². The lowest BCUT2D eigenvalue weighted by Gasteiger charge is -2.30. The number of nitrogens with two attached hydrogens (primary N) is 1. The summed E-state index contributed by atoms with van der Waals surface area (Å²) in [7, 11) is 0. The number of alkyl halides is 3. The van der Waals surface area contributed by atoms with Crippen LogP contribution < -0.4 is 5.73 Å². The molecule has 3 nitrogen and oxygen atoms in total. The first kappa shape index (κ1) is 16.2. The monoisotopic (exact) mass is 306 g/mol. The lowest BCUT2D eigenvalue weighted by atomic mass is 10.0. The third kappa shape index (κ3) is 3.53. The van der Waals surface area contributed by atoms with E-state index in [1.54, 1.807) is 17.0 Å². The van der Waals surface area contributed by atoms with Crippen LogP contribution >= 0.6 is 0 Å². The van der Waals surface area contributed by atoms with E-state index in [0.717, 1.165) is 5.56 Å². The van der Waals surface area contributed by atoms with Crippen molar-refractivity contribution in [1.82, 2.24) is 4.90 Å². The number of nitrogens with zero attached hydrogens (tertiary/aromatic N) is 1. The first-order chi connectivity index (χ1) is 9.75. The fraction of sp³-hybridized carbons (Fsp3) is 0.571. The van der Waals surface area contributed by atoms with E-state index in [1.807, 2.05) is 0 Å². The van der Waals surface area contributed by atoms with Crippen LogP contribution in [-0.4, -0.2) is 47.5 Å². The summed E-state index contributed by atoms with van der Waals surface area (Å²) < 4.78 is 51.3. The van der Waals surface area contributed by atoms with Gasteiger partial charge in [-0.05, 0) is 30.5 Å². The van der Waals surface area contributed by atoms with Gasteiger partial charge in [0.25, 0.3) is 0 Å². The highest BCUT2D eigenvalue weighted by Gasteiger charge is 2.57. The number of β-amino-alcohol motifs (C(OH)–C–C–N with tert-alkyl or cyclic N) is 1. The van der Waals surface area contributed by atoms with Crippen molar-refractivity contribution >= 4 is 0 Å². The molecule has 1 fully saturated rings. The number of hydrogen-bond acceptors (Lipinski definition) is 3. The van der Waals surface area contributed by atoms with Gasteiger partial charge in [-0.1, -0.05) is 12.1 Å². The number of likely N-dealkylation sites (tertiary alicyclic amines) is 1. The van der Waals surface area contributed by atoms with Crippen molar-refractivity contribution in [2.75, 3.05) is 19.6 Å². The molecule has 118 valence electrons. The van der Waals surface area contributed by atoms with Crippen molar-refractivity contribution < 1.29 is 22.7 Å². The second-order valence-electron chi connectivity index (χ2n) is 5.47. The number of hydrogen-bond donors (Lipinski definition) is 2. The Bertz CT molecular complexity index is 477. The normalized spacial score (nSPS) is 25.2. The summed E-state index contributed by atoms with van der Waals surface area (Å²) in [5, 5.41) is 9.69. The van der Waals surface area contributed by atoms with Crippen molar-refractivity contribution in [3.05, 3.63) is 35.6 Å². The van der Waals surface area contributed by atoms with E-state index in [-0.39, 0.29) is 31.4 Å². The summed E-state index contributed by atoms with van der Waals surface area (Å²) >= 11 is 0. The predicted octanol–water partition coefficient (Wildman–Crippen LogP) is 1.69. The SMILES string of the molecule is NCC(Cc1ccc(F)cc1)N1CCC(O)(C(F)(F)F)C1. The van der Waals surface area contributed by atoms with Crippen molar-refractivity contribution in [2.24, 2.45) is 5.73 Å². The molecule has 7 heteroatoms. The molecule has 0 bridgehead atoms. The van der Waals surface area contributed by atoms with Gasteiger partial charge in [-0.3, -0.25) is 4.90 Å². The number of rotatable bonds is 4. The van der Waals surface area contributed by atoms with Gasteiger partial charge in [0.15, 0.2) is 5.60 Å². The second kappa shape index (κ2) is 5.90. The first-order valence-corrected chi connectivity index (χ1v) is 6.73. The molecule has 0 saturated carbocycles. The number of benzene rings is 1. The molecule has 2 unspecified atom stereocenters. The average Bonchev–Trinajstić information content (AvgIpc) is 2.81. The van der Waals surface area contributed by atoms with Crippen molar-refractivity contribution in [3.63, 3.8) is 0 Å². The van der Waals surface area contributed by atoms with Crippen LogP contribution in [0.4, 0.5) is 17.6 Å². The molecule has 0 spiro atoms. The number of aliphatic hydroxyl groups is 1. The molecular weight excluding hydrogens is 288 g/mol. The molecule has 1 aliphatic rings. The van der Waals surface area contributed by atoms with E-state index in [2.05, 4.69) is 0 Å². The Kier molecular flexibility index (Phi) is 4.55. The summed E-state index contributed by atoms with van der Waals surface area (Å²) in [6, 6.07) is 5.47. The van der Waals surface area contributed by atoms with Crippen LogP contribution in [0.2, 0.25) is 0 Å². The Balaban J connectivity index is 2.04. The summed E-state index contributed by atoms with van der Waals surface area (Å²) in [5.74, 6) is -0.365. The Morgan fingerprint density at radius 1 is 1.29 bits per heavy atom. The maximum atomic E-state index is 12.8. The third-order valence-electron chi connectivity index (χ3n) is 3.98. The van der Waals surface area contributed by atoms with Gasteiger partial charge in [0.1, 0.15) is 5.82 Å². The van der Waals surface area contributed by atoms with Gasteiger partial charge in [-0.25, -0.2) is 4.39 Å². The summed E-state index contributed by atoms with van der Waals surface area (Å²) in [6.07, 6.45) is -4.57. The largest absolute Gasteiger partial charge is 0.418 e. The first-order valence-electron chi connectivity index (χ1n) is 6.73. The van der Waals surface area contributed by atoms with E-state index >= 15 is 0 Å². The van der Waals surface area contributed by atoms with Crippen LogP contribution in [0.3, 0.4) is 0 Å². The van der Waals surface area contributed by atoms with Crippen LogP contribution in [0.5, 0.6) is 0 Å². The molecule has 1 aromatic rings. The second-order valence-corrected chi connectivity index (χ2v) is 5.47. The quantitative estimate of drug-likeness (QED) is 0.833. The zero-order chi connectivity index (χ0) is 15.7. The Morgan fingerprint density at radius 2 is 1.90 bits per heavy atom. The minimum Gasteiger partial charge on any atom is -0.379 e. The van der Waals surface area contributed by atoms with Crippen LogP contribution in [0.15, 0.2) is 24.3 Å². The zero-order valence-corrected chi connectivity index (χ0v) is 11.4. The molecule has 2 rings (SSSR count). The fourth-order valence-electron chi connectivity index (χ4n) is 2.62. The summed E-state index contributed by atoms with van der Waals surface area (Å²) in [4.78, 5) is 1.55. The fourth-order valence-corrected chi connectivity index (χ4v) is 2.62. The molecule has 0 radical (unpaired) electrons. The molecule has 3 N–H and O–H groups in total. The average molecular weight is 306 g/mol. The lowest BCUT2D eigenvalue weighted by Crippen LogP contribution is -2.50. The molecule has 1 aromatic carbocycles. The topological polar surface area (TPSA) is 49.5 Å². The molecule has 1 saturated heterocycles. The van der Waals surface area contributed by atoms with Crippen LogP contribution in [-0.2, 0) is 6.42 Å². The highest BCUT2D eigenvalue weighted by molar-refractivity contribution is 5.17. The maximum Gasteiger partial charge on any atom is 0.418 e. The molecule has 21 heavy (non-hydrogen) atoms.